The largest absolute Gasteiger partial charge is 0.257 e. The second kappa shape index (κ2) is 3.49. The van der Waals surface area contributed by atoms with E-state index in [0.29, 0.717) is 6.54 Å². The van der Waals surface area contributed by atoms with Gasteiger partial charge in [-0.05, 0) is 23.6 Å². The predicted molar refractivity (Wildman–Crippen MR) is 42.8 cm³/mol. The molecule has 11 heavy (non-hydrogen) atoms. The van der Waals surface area contributed by atoms with Crippen LogP contribution in [0.1, 0.15) is 18.4 Å². The van der Waals surface area contributed by atoms with Crippen molar-refractivity contribution in [3.8, 4) is 0 Å². The van der Waals surface area contributed by atoms with Crippen LogP contribution in [-0.4, -0.2) is 6.54 Å². The summed E-state index contributed by atoms with van der Waals surface area (Å²) in [5.74, 6) is -0.0125. The molecule has 1 aromatic rings. The lowest BCUT2D eigenvalue weighted by Crippen LogP contribution is -1.99. The van der Waals surface area contributed by atoms with Gasteiger partial charge in [0.2, 0.25) is 0 Å². The molecule has 0 aliphatic carbocycles. The third kappa shape index (κ3) is 2.02. The lowest BCUT2D eigenvalue weighted by Gasteiger charge is -2.06. The Balaban J connectivity index is 2.81. The molecule has 1 N–H and O–H groups in total. The summed E-state index contributed by atoms with van der Waals surface area (Å²) in [7, 11) is 0. The summed E-state index contributed by atoms with van der Waals surface area (Å²) >= 11 is 0. The van der Waals surface area contributed by atoms with Crippen LogP contribution in [0.4, 0.5) is 4.39 Å². The van der Waals surface area contributed by atoms with Crippen molar-refractivity contribution in [2.24, 2.45) is 0 Å². The first kappa shape index (κ1) is 8.21. The van der Waals surface area contributed by atoms with Crippen LogP contribution < -0.4 is 5.73 Å². The molecule has 0 bridgehead atoms. The van der Waals surface area contributed by atoms with Crippen LogP contribution in [0.3, 0.4) is 0 Å². The van der Waals surface area contributed by atoms with E-state index >= 15 is 0 Å². The van der Waals surface area contributed by atoms with Crippen molar-refractivity contribution in [1.29, 1.82) is 0 Å². The molecule has 0 aliphatic rings. The van der Waals surface area contributed by atoms with E-state index in [2.05, 4.69) is 0 Å². The number of rotatable bonds is 2. The number of hydrogen-bond donors (Lipinski definition) is 0. The third-order valence-electron chi connectivity index (χ3n) is 1.75. The van der Waals surface area contributed by atoms with Crippen molar-refractivity contribution < 1.29 is 4.39 Å². The van der Waals surface area contributed by atoms with Gasteiger partial charge in [0.1, 0.15) is 5.82 Å². The molecule has 0 fully saturated rings. The summed E-state index contributed by atoms with van der Waals surface area (Å²) in [6.45, 7) is 2.31. The van der Waals surface area contributed by atoms with Crippen molar-refractivity contribution in [3.05, 3.63) is 35.6 Å². The van der Waals surface area contributed by atoms with Crippen molar-refractivity contribution in [2.45, 2.75) is 12.8 Å². The smallest absolute Gasteiger partial charge is 0.123 e. The first-order valence-electron chi connectivity index (χ1n) is 3.64. The van der Waals surface area contributed by atoms with Crippen molar-refractivity contribution >= 4 is 0 Å². The molecular formula is C9H11FN. The minimum absolute atomic E-state index is 0.204. The second-order valence-electron chi connectivity index (χ2n) is 2.66. The summed E-state index contributed by atoms with van der Waals surface area (Å²) in [4.78, 5) is 0. The maximum atomic E-state index is 12.4. The monoisotopic (exact) mass is 152 g/mol. The highest BCUT2D eigenvalue weighted by Crippen LogP contribution is 2.13. The summed E-state index contributed by atoms with van der Waals surface area (Å²) in [5.41, 5.74) is 8.14. The standard InChI is InChI=1S/C9H11FN/c1-7(6-11)8-2-4-9(10)5-3-8/h2-5,7,11H,6H2,1H3. The van der Waals surface area contributed by atoms with Crippen LogP contribution in [0.2, 0.25) is 0 Å². The minimum atomic E-state index is -0.217. The highest BCUT2D eigenvalue weighted by molar-refractivity contribution is 5.19. The lowest BCUT2D eigenvalue weighted by molar-refractivity contribution is 0.625. The van der Waals surface area contributed by atoms with Crippen LogP contribution in [0.15, 0.2) is 24.3 Å². The third-order valence-corrected chi connectivity index (χ3v) is 1.75. The zero-order chi connectivity index (χ0) is 8.27. The summed E-state index contributed by atoms with van der Waals surface area (Å²) < 4.78 is 12.4. The Morgan fingerprint density at radius 3 is 2.36 bits per heavy atom. The van der Waals surface area contributed by atoms with E-state index in [1.165, 1.54) is 12.1 Å². The summed E-state index contributed by atoms with van der Waals surface area (Å²) in [5, 5.41) is 0. The second-order valence-corrected chi connectivity index (χ2v) is 2.66. The Kier molecular flexibility index (Phi) is 2.60. The maximum Gasteiger partial charge on any atom is 0.123 e. The quantitative estimate of drug-likeness (QED) is 0.620. The Morgan fingerprint density at radius 2 is 1.91 bits per heavy atom. The van der Waals surface area contributed by atoms with Crippen molar-refractivity contribution in [3.63, 3.8) is 0 Å². The van der Waals surface area contributed by atoms with Gasteiger partial charge in [0.05, 0.1) is 0 Å². The van der Waals surface area contributed by atoms with Gasteiger partial charge in [0.15, 0.2) is 0 Å². The van der Waals surface area contributed by atoms with Crippen LogP contribution in [0.5, 0.6) is 0 Å². The lowest BCUT2D eigenvalue weighted by atomic mass is 10.0. The highest BCUT2D eigenvalue weighted by atomic mass is 19.1. The fourth-order valence-corrected chi connectivity index (χ4v) is 0.909. The first-order valence-corrected chi connectivity index (χ1v) is 3.64. The summed E-state index contributed by atoms with van der Waals surface area (Å²) in [6.07, 6.45) is 0. The summed E-state index contributed by atoms with van der Waals surface area (Å²) in [6, 6.07) is 6.33. The van der Waals surface area contributed by atoms with Gasteiger partial charge in [0.25, 0.3) is 0 Å². The van der Waals surface area contributed by atoms with E-state index in [1.54, 1.807) is 12.1 Å². The van der Waals surface area contributed by atoms with Crippen LogP contribution in [0.25, 0.3) is 0 Å². The van der Waals surface area contributed by atoms with Crippen LogP contribution >= 0.6 is 0 Å². The van der Waals surface area contributed by atoms with Gasteiger partial charge in [-0.3, -0.25) is 5.73 Å². The zero-order valence-corrected chi connectivity index (χ0v) is 6.47. The van der Waals surface area contributed by atoms with Crippen molar-refractivity contribution in [2.75, 3.05) is 6.54 Å². The number of hydrogen-bond acceptors (Lipinski definition) is 0. The molecule has 1 radical (unpaired) electrons. The van der Waals surface area contributed by atoms with E-state index in [4.69, 9.17) is 5.73 Å². The molecule has 1 rings (SSSR count). The molecule has 0 aromatic heterocycles. The molecule has 59 valence electrons. The van der Waals surface area contributed by atoms with Gasteiger partial charge in [-0.15, -0.1) is 0 Å². The minimum Gasteiger partial charge on any atom is -0.257 e. The average Bonchev–Trinajstić information content (AvgIpc) is 2.05. The number of nitrogens with one attached hydrogen (secondary N) is 1. The molecule has 1 aromatic carbocycles. The van der Waals surface area contributed by atoms with E-state index in [0.717, 1.165) is 5.56 Å². The fourth-order valence-electron chi connectivity index (χ4n) is 0.909. The number of benzene rings is 1. The van der Waals surface area contributed by atoms with Gasteiger partial charge in [-0.2, -0.15) is 0 Å². The van der Waals surface area contributed by atoms with Gasteiger partial charge >= 0.3 is 0 Å². The molecule has 0 heterocycles. The normalized spacial score (nSPS) is 13.0. The Labute approximate surface area is 66.0 Å². The molecular weight excluding hydrogens is 141 g/mol. The molecule has 2 heteroatoms. The topological polar surface area (TPSA) is 23.8 Å². The zero-order valence-electron chi connectivity index (χ0n) is 6.47. The van der Waals surface area contributed by atoms with Gasteiger partial charge < -0.3 is 0 Å². The molecule has 0 saturated carbocycles. The maximum absolute atomic E-state index is 12.4. The fraction of sp³-hybridized carbons (Fsp3) is 0.333. The van der Waals surface area contributed by atoms with E-state index in [1.807, 2.05) is 6.92 Å². The Bertz CT molecular complexity index is 218. The molecule has 1 unspecified atom stereocenters. The molecule has 0 amide bonds. The Morgan fingerprint density at radius 1 is 1.36 bits per heavy atom. The van der Waals surface area contributed by atoms with E-state index in [9.17, 15) is 4.39 Å². The van der Waals surface area contributed by atoms with E-state index < -0.39 is 0 Å². The molecule has 1 nitrogen and oxygen atoms in total. The molecule has 0 aliphatic heterocycles. The predicted octanol–water partition coefficient (Wildman–Crippen LogP) is 2.21. The van der Waals surface area contributed by atoms with E-state index in [-0.39, 0.29) is 11.7 Å². The SMILES string of the molecule is CC(C[NH])c1ccc(F)cc1. The number of halogens is 1. The van der Waals surface area contributed by atoms with Crippen LogP contribution in [-0.2, 0) is 0 Å². The molecule has 0 spiro atoms. The van der Waals surface area contributed by atoms with Gasteiger partial charge in [-0.25, -0.2) is 4.39 Å². The van der Waals surface area contributed by atoms with Gasteiger partial charge in [0, 0.05) is 6.54 Å². The molecule has 1 atom stereocenters. The average molecular weight is 152 g/mol. The molecule has 0 saturated heterocycles. The first-order chi connectivity index (χ1) is 5.24. The van der Waals surface area contributed by atoms with Crippen molar-refractivity contribution in [1.82, 2.24) is 5.73 Å². The van der Waals surface area contributed by atoms with Gasteiger partial charge in [-0.1, -0.05) is 19.1 Å². The van der Waals surface area contributed by atoms with Crippen LogP contribution in [0, 0.1) is 5.82 Å². The Hall–Kier alpha value is -0.890. The highest BCUT2D eigenvalue weighted by Gasteiger charge is 2.01.